The van der Waals surface area contributed by atoms with Gasteiger partial charge in [0.1, 0.15) is 18.1 Å². The molecule has 3 N–H and O–H groups in total. The quantitative estimate of drug-likeness (QED) is 0.601. The number of hydrogen-bond acceptors (Lipinski definition) is 5. The van der Waals surface area contributed by atoms with E-state index >= 15 is 0 Å². The van der Waals surface area contributed by atoms with Gasteiger partial charge in [0.25, 0.3) is 5.91 Å². The number of rotatable bonds is 7. The van der Waals surface area contributed by atoms with Crippen LogP contribution in [0.3, 0.4) is 0 Å². The largest absolute Gasteiger partial charge is 0.496 e. The summed E-state index contributed by atoms with van der Waals surface area (Å²) in [6.07, 6.45) is 0. The third-order valence-electron chi connectivity index (χ3n) is 4.46. The number of anilines is 1. The molecule has 0 heterocycles. The Bertz CT molecular complexity index is 1160. The van der Waals surface area contributed by atoms with E-state index in [1.165, 1.54) is 24.3 Å². The number of nitrogens with one attached hydrogen (secondary N) is 1. The van der Waals surface area contributed by atoms with Crippen LogP contribution < -0.4 is 19.9 Å². The second kappa shape index (κ2) is 8.98. The standard InChI is InChI=1S/C22H22N2O5S/c1-15-5-3-4-6-20(15)29-14-17-13-16(7-12-21(17)28-2)22(25)24-18-8-10-19(11-9-18)30(23,26)27/h3-13H,14H2,1-2H3,(H,24,25)(H2,23,26,27). The molecular weight excluding hydrogens is 404 g/mol. The molecule has 0 aliphatic carbocycles. The molecule has 0 aliphatic rings. The molecule has 30 heavy (non-hydrogen) atoms. The summed E-state index contributed by atoms with van der Waals surface area (Å²) in [4.78, 5) is 12.6. The van der Waals surface area contributed by atoms with E-state index in [1.54, 1.807) is 25.3 Å². The molecule has 0 aromatic heterocycles. The van der Waals surface area contributed by atoms with Crippen LogP contribution in [-0.2, 0) is 16.6 Å². The molecule has 0 saturated heterocycles. The first kappa shape index (κ1) is 21.4. The van der Waals surface area contributed by atoms with Gasteiger partial charge in [0, 0.05) is 16.8 Å². The molecule has 0 bridgehead atoms. The Morgan fingerprint density at radius 2 is 1.70 bits per heavy atom. The van der Waals surface area contributed by atoms with Crippen molar-refractivity contribution in [2.24, 2.45) is 5.14 Å². The Hall–Kier alpha value is -3.36. The fourth-order valence-electron chi connectivity index (χ4n) is 2.84. The van der Waals surface area contributed by atoms with Crippen LogP contribution in [0.15, 0.2) is 71.6 Å². The summed E-state index contributed by atoms with van der Waals surface area (Å²) in [7, 11) is -2.23. The van der Waals surface area contributed by atoms with Crippen molar-refractivity contribution in [1.82, 2.24) is 0 Å². The summed E-state index contributed by atoms with van der Waals surface area (Å²) in [6.45, 7) is 2.19. The van der Waals surface area contributed by atoms with Crippen LogP contribution in [0, 0.1) is 6.92 Å². The number of para-hydroxylation sites is 1. The number of aryl methyl sites for hydroxylation is 1. The molecule has 156 valence electrons. The maximum atomic E-state index is 12.6. The van der Waals surface area contributed by atoms with Crippen molar-refractivity contribution < 1.29 is 22.7 Å². The SMILES string of the molecule is COc1ccc(C(=O)Nc2ccc(S(N)(=O)=O)cc2)cc1COc1ccccc1C. The second-order valence-electron chi connectivity index (χ2n) is 6.60. The Morgan fingerprint density at radius 3 is 2.33 bits per heavy atom. The number of methoxy groups -OCH3 is 1. The van der Waals surface area contributed by atoms with Gasteiger partial charge >= 0.3 is 0 Å². The van der Waals surface area contributed by atoms with Gasteiger partial charge in [0.15, 0.2) is 0 Å². The lowest BCUT2D eigenvalue weighted by Crippen LogP contribution is -2.14. The van der Waals surface area contributed by atoms with Crippen LogP contribution in [-0.4, -0.2) is 21.4 Å². The van der Waals surface area contributed by atoms with E-state index in [1.807, 2.05) is 31.2 Å². The minimum atomic E-state index is -3.79. The summed E-state index contributed by atoms with van der Waals surface area (Å²) in [6, 6.07) is 18.3. The number of amides is 1. The summed E-state index contributed by atoms with van der Waals surface area (Å²) >= 11 is 0. The topological polar surface area (TPSA) is 108 Å². The van der Waals surface area contributed by atoms with Crippen molar-refractivity contribution >= 4 is 21.6 Å². The average molecular weight is 426 g/mol. The molecule has 1 amide bonds. The Balaban J connectivity index is 1.76. The lowest BCUT2D eigenvalue weighted by molar-refractivity contribution is 0.102. The van der Waals surface area contributed by atoms with Crippen LogP contribution in [0.2, 0.25) is 0 Å². The zero-order valence-corrected chi connectivity index (χ0v) is 17.4. The summed E-state index contributed by atoms with van der Waals surface area (Å²) < 4.78 is 33.9. The highest BCUT2D eigenvalue weighted by molar-refractivity contribution is 7.89. The second-order valence-corrected chi connectivity index (χ2v) is 8.17. The predicted octanol–water partition coefficient (Wildman–Crippen LogP) is 3.48. The molecule has 0 atom stereocenters. The van der Waals surface area contributed by atoms with Crippen molar-refractivity contribution in [2.45, 2.75) is 18.4 Å². The van der Waals surface area contributed by atoms with Gasteiger partial charge in [-0.3, -0.25) is 4.79 Å². The minimum Gasteiger partial charge on any atom is -0.496 e. The molecule has 0 spiro atoms. The maximum absolute atomic E-state index is 12.6. The molecular formula is C22H22N2O5S. The fraction of sp³-hybridized carbons (Fsp3) is 0.136. The van der Waals surface area contributed by atoms with Crippen molar-refractivity contribution in [3.63, 3.8) is 0 Å². The molecule has 7 nitrogen and oxygen atoms in total. The van der Waals surface area contributed by atoms with Gasteiger partial charge in [0.05, 0.1) is 12.0 Å². The van der Waals surface area contributed by atoms with Crippen LogP contribution in [0.4, 0.5) is 5.69 Å². The number of carbonyl (C=O) groups excluding carboxylic acids is 1. The number of hydrogen-bond donors (Lipinski definition) is 2. The van der Waals surface area contributed by atoms with Crippen molar-refractivity contribution in [1.29, 1.82) is 0 Å². The normalized spacial score (nSPS) is 11.0. The Kier molecular flexibility index (Phi) is 6.39. The average Bonchev–Trinajstić information content (AvgIpc) is 2.72. The number of ether oxygens (including phenoxy) is 2. The molecule has 0 saturated carbocycles. The fourth-order valence-corrected chi connectivity index (χ4v) is 3.35. The summed E-state index contributed by atoms with van der Waals surface area (Å²) in [5, 5.41) is 7.81. The lowest BCUT2D eigenvalue weighted by Gasteiger charge is -2.13. The smallest absolute Gasteiger partial charge is 0.255 e. The minimum absolute atomic E-state index is 0.0272. The Labute approximate surface area is 175 Å². The molecule has 0 radical (unpaired) electrons. The first-order chi connectivity index (χ1) is 14.3. The maximum Gasteiger partial charge on any atom is 0.255 e. The zero-order valence-electron chi connectivity index (χ0n) is 16.6. The zero-order chi connectivity index (χ0) is 21.7. The number of carbonyl (C=O) groups is 1. The van der Waals surface area contributed by atoms with E-state index in [-0.39, 0.29) is 17.4 Å². The molecule has 3 aromatic carbocycles. The first-order valence-corrected chi connectivity index (χ1v) is 10.6. The van der Waals surface area contributed by atoms with E-state index in [0.29, 0.717) is 17.0 Å². The van der Waals surface area contributed by atoms with E-state index < -0.39 is 10.0 Å². The number of sulfonamides is 1. The van der Waals surface area contributed by atoms with Crippen molar-refractivity contribution in [3.8, 4) is 11.5 Å². The monoisotopic (exact) mass is 426 g/mol. The third kappa shape index (κ3) is 5.16. The molecule has 0 fully saturated rings. The van der Waals surface area contributed by atoms with Crippen molar-refractivity contribution in [2.75, 3.05) is 12.4 Å². The number of nitrogens with two attached hydrogens (primary N) is 1. The lowest BCUT2D eigenvalue weighted by atomic mass is 10.1. The van der Waals surface area contributed by atoms with E-state index in [0.717, 1.165) is 16.9 Å². The van der Waals surface area contributed by atoms with Crippen LogP contribution in [0.5, 0.6) is 11.5 Å². The van der Waals surface area contributed by atoms with E-state index in [9.17, 15) is 13.2 Å². The van der Waals surface area contributed by atoms with Crippen LogP contribution in [0.25, 0.3) is 0 Å². The molecule has 3 rings (SSSR count). The van der Waals surface area contributed by atoms with Gasteiger partial charge in [-0.05, 0) is 61.0 Å². The highest BCUT2D eigenvalue weighted by Gasteiger charge is 2.13. The highest BCUT2D eigenvalue weighted by Crippen LogP contribution is 2.24. The third-order valence-corrected chi connectivity index (χ3v) is 5.39. The van der Waals surface area contributed by atoms with Gasteiger partial charge in [-0.15, -0.1) is 0 Å². The van der Waals surface area contributed by atoms with Gasteiger partial charge in [-0.25, -0.2) is 13.6 Å². The van der Waals surface area contributed by atoms with Crippen LogP contribution >= 0.6 is 0 Å². The van der Waals surface area contributed by atoms with E-state index in [2.05, 4.69) is 5.32 Å². The van der Waals surface area contributed by atoms with E-state index in [4.69, 9.17) is 14.6 Å². The number of primary sulfonamides is 1. The molecule has 8 heteroatoms. The highest BCUT2D eigenvalue weighted by atomic mass is 32.2. The Morgan fingerprint density at radius 1 is 1.00 bits per heavy atom. The molecule has 0 aliphatic heterocycles. The van der Waals surface area contributed by atoms with Crippen molar-refractivity contribution in [3.05, 3.63) is 83.4 Å². The number of benzene rings is 3. The molecule has 0 unspecified atom stereocenters. The molecule has 3 aromatic rings. The summed E-state index contributed by atoms with van der Waals surface area (Å²) in [5.74, 6) is 1.01. The first-order valence-electron chi connectivity index (χ1n) is 9.07. The van der Waals surface area contributed by atoms with Crippen LogP contribution in [0.1, 0.15) is 21.5 Å². The predicted molar refractivity (Wildman–Crippen MR) is 114 cm³/mol. The van der Waals surface area contributed by atoms with Gasteiger partial charge in [0.2, 0.25) is 10.0 Å². The van der Waals surface area contributed by atoms with Gasteiger partial charge in [-0.1, -0.05) is 18.2 Å². The van der Waals surface area contributed by atoms with Gasteiger partial charge in [-0.2, -0.15) is 0 Å². The van der Waals surface area contributed by atoms with Gasteiger partial charge < -0.3 is 14.8 Å². The summed E-state index contributed by atoms with van der Waals surface area (Å²) in [5.41, 5.74) is 2.59.